The normalized spacial score (nSPS) is 14.4. The van der Waals surface area contributed by atoms with Crippen molar-refractivity contribution in [1.82, 2.24) is 0 Å². The summed E-state index contributed by atoms with van der Waals surface area (Å²) in [7, 11) is 0. The summed E-state index contributed by atoms with van der Waals surface area (Å²) < 4.78 is 37.7. The Morgan fingerprint density at radius 2 is 1.89 bits per heavy atom. The number of fused-ring (bicyclic) bond motifs is 1. The number of carbonyl (C=O) groups is 1. The summed E-state index contributed by atoms with van der Waals surface area (Å²) in [5.41, 5.74) is 0.326. The molecule has 0 N–H and O–H groups in total. The van der Waals surface area contributed by atoms with Gasteiger partial charge in [0, 0.05) is 18.9 Å². The lowest BCUT2D eigenvalue weighted by molar-refractivity contribution is -0.107. The van der Waals surface area contributed by atoms with Crippen molar-refractivity contribution in [2.45, 2.75) is 25.7 Å². The van der Waals surface area contributed by atoms with Crippen molar-refractivity contribution in [3.63, 3.8) is 0 Å². The highest BCUT2D eigenvalue weighted by Gasteiger charge is 2.30. The van der Waals surface area contributed by atoms with E-state index in [1.165, 1.54) is 6.07 Å². The van der Waals surface area contributed by atoms with Gasteiger partial charge in [0.2, 0.25) is 0 Å². The van der Waals surface area contributed by atoms with Crippen LogP contribution in [0.1, 0.15) is 24.5 Å². The Morgan fingerprint density at radius 1 is 1.28 bits per heavy atom. The van der Waals surface area contributed by atoms with E-state index in [9.17, 15) is 13.6 Å². The lowest BCUT2D eigenvalue weighted by Gasteiger charge is -2.23. The maximum absolute atomic E-state index is 13.5. The van der Waals surface area contributed by atoms with Crippen LogP contribution in [-0.4, -0.2) is 19.5 Å². The van der Waals surface area contributed by atoms with E-state index in [0.29, 0.717) is 36.6 Å². The molecule has 0 spiro atoms. The van der Waals surface area contributed by atoms with Crippen LogP contribution < -0.4 is 9.47 Å². The van der Waals surface area contributed by atoms with Gasteiger partial charge in [-0.15, -0.1) is 0 Å². The number of hydrogen-bond acceptors (Lipinski definition) is 3. The highest BCUT2D eigenvalue weighted by atomic mass is 19.3. The minimum absolute atomic E-state index is 0.103. The Hall–Kier alpha value is -1.65. The first-order valence-electron chi connectivity index (χ1n) is 5.77. The fourth-order valence-electron chi connectivity index (χ4n) is 1.96. The Morgan fingerprint density at radius 3 is 2.44 bits per heavy atom. The highest BCUT2D eigenvalue weighted by Crippen LogP contribution is 2.39. The quantitative estimate of drug-likeness (QED) is 0.777. The zero-order valence-corrected chi connectivity index (χ0v) is 10.0. The molecule has 0 saturated heterocycles. The molecule has 0 atom stereocenters. The van der Waals surface area contributed by atoms with E-state index >= 15 is 0 Å². The second kappa shape index (κ2) is 4.92. The van der Waals surface area contributed by atoms with Gasteiger partial charge in [-0.3, -0.25) is 0 Å². The van der Waals surface area contributed by atoms with E-state index in [-0.39, 0.29) is 18.4 Å². The van der Waals surface area contributed by atoms with E-state index in [1.54, 1.807) is 6.07 Å². The molecule has 0 aliphatic carbocycles. The molecular weight excluding hydrogens is 242 g/mol. The molecule has 3 nitrogen and oxygen atoms in total. The van der Waals surface area contributed by atoms with E-state index in [1.807, 2.05) is 0 Å². The van der Waals surface area contributed by atoms with E-state index in [4.69, 9.17) is 9.47 Å². The molecule has 1 aromatic rings. The third-order valence-electron chi connectivity index (χ3n) is 2.77. The number of hydrogen-bond donors (Lipinski definition) is 0. The minimum Gasteiger partial charge on any atom is -0.486 e. The molecule has 0 aromatic heterocycles. The number of alkyl halides is 2. The number of benzene rings is 1. The molecular formula is C13H14F2O3. The van der Waals surface area contributed by atoms with Crippen LogP contribution in [0.3, 0.4) is 0 Å². The maximum Gasteiger partial charge on any atom is 0.270 e. The summed E-state index contributed by atoms with van der Waals surface area (Å²) in [6.45, 7) is 1.60. The first kappa shape index (κ1) is 12.8. The van der Waals surface area contributed by atoms with Gasteiger partial charge >= 0.3 is 0 Å². The summed E-state index contributed by atoms with van der Waals surface area (Å²) in [5, 5.41) is 0. The van der Waals surface area contributed by atoms with Crippen LogP contribution in [-0.2, 0) is 17.1 Å². The minimum atomic E-state index is -2.96. The zero-order valence-electron chi connectivity index (χ0n) is 10.0. The van der Waals surface area contributed by atoms with Crippen LogP contribution in [0.5, 0.6) is 11.5 Å². The zero-order chi connectivity index (χ0) is 13.2. The molecule has 1 aliphatic rings. The Labute approximate surface area is 104 Å². The van der Waals surface area contributed by atoms with Crippen molar-refractivity contribution in [3.05, 3.63) is 23.3 Å². The topological polar surface area (TPSA) is 35.5 Å². The third-order valence-corrected chi connectivity index (χ3v) is 2.77. The number of ether oxygens (including phenoxy) is 2. The molecule has 18 heavy (non-hydrogen) atoms. The van der Waals surface area contributed by atoms with Gasteiger partial charge in [-0.25, -0.2) is 8.78 Å². The first-order valence-corrected chi connectivity index (χ1v) is 5.77. The second-order valence-corrected chi connectivity index (χ2v) is 4.25. The summed E-state index contributed by atoms with van der Waals surface area (Å²) in [6, 6.07) is 2.86. The molecule has 0 saturated carbocycles. The molecule has 0 radical (unpaired) electrons. The van der Waals surface area contributed by atoms with Gasteiger partial charge in [-0.05, 0) is 24.1 Å². The molecule has 2 rings (SSSR count). The smallest absolute Gasteiger partial charge is 0.270 e. The van der Waals surface area contributed by atoms with Crippen LogP contribution in [0.25, 0.3) is 0 Å². The van der Waals surface area contributed by atoms with E-state index < -0.39 is 5.92 Å². The summed E-state index contributed by atoms with van der Waals surface area (Å²) in [5.74, 6) is -2.16. The SMILES string of the molecule is CC(F)(F)c1cc2c(cc1CCC=O)OCCO2. The van der Waals surface area contributed by atoms with Gasteiger partial charge in [0.15, 0.2) is 11.5 Å². The predicted molar refractivity (Wildman–Crippen MR) is 61.4 cm³/mol. The van der Waals surface area contributed by atoms with E-state index in [2.05, 4.69) is 0 Å². The molecule has 5 heteroatoms. The Bertz CT molecular complexity index is 452. The molecule has 0 unspecified atom stereocenters. The summed E-state index contributed by atoms with van der Waals surface area (Å²) in [4.78, 5) is 10.4. The molecule has 1 aliphatic heterocycles. The molecule has 1 heterocycles. The van der Waals surface area contributed by atoms with Gasteiger partial charge < -0.3 is 14.3 Å². The predicted octanol–water partition coefficient (Wildman–Crippen LogP) is 2.70. The Balaban J connectivity index is 2.44. The van der Waals surface area contributed by atoms with Crippen molar-refractivity contribution in [3.8, 4) is 11.5 Å². The van der Waals surface area contributed by atoms with Crippen LogP contribution in [0.15, 0.2) is 12.1 Å². The summed E-state index contributed by atoms with van der Waals surface area (Å²) >= 11 is 0. The van der Waals surface area contributed by atoms with Crippen molar-refractivity contribution in [1.29, 1.82) is 0 Å². The van der Waals surface area contributed by atoms with Crippen LogP contribution in [0, 0.1) is 0 Å². The standard InChI is InChI=1S/C13H14F2O3/c1-13(14,15)10-8-12-11(17-5-6-18-12)7-9(10)3-2-4-16/h4,7-8H,2-3,5-6H2,1H3. The van der Waals surface area contributed by atoms with Crippen LogP contribution in [0.4, 0.5) is 8.78 Å². The van der Waals surface area contributed by atoms with Gasteiger partial charge in [-0.2, -0.15) is 0 Å². The largest absolute Gasteiger partial charge is 0.486 e. The molecule has 1 aromatic carbocycles. The van der Waals surface area contributed by atoms with Gasteiger partial charge in [0.1, 0.15) is 19.5 Å². The first-order chi connectivity index (χ1) is 8.52. The average Bonchev–Trinajstić information content (AvgIpc) is 2.34. The van der Waals surface area contributed by atoms with Crippen molar-refractivity contribution < 1.29 is 23.0 Å². The maximum atomic E-state index is 13.5. The number of aryl methyl sites for hydroxylation is 1. The van der Waals surface area contributed by atoms with Crippen molar-refractivity contribution in [2.24, 2.45) is 0 Å². The van der Waals surface area contributed by atoms with Crippen LogP contribution in [0.2, 0.25) is 0 Å². The van der Waals surface area contributed by atoms with Gasteiger partial charge in [0.25, 0.3) is 5.92 Å². The van der Waals surface area contributed by atoms with Crippen LogP contribution >= 0.6 is 0 Å². The molecule has 0 bridgehead atoms. The second-order valence-electron chi connectivity index (χ2n) is 4.25. The lowest BCUT2D eigenvalue weighted by atomic mass is 9.98. The Kier molecular flexibility index (Phi) is 3.50. The lowest BCUT2D eigenvalue weighted by Crippen LogP contribution is -2.18. The fraction of sp³-hybridized carbons (Fsp3) is 0.462. The third kappa shape index (κ3) is 2.60. The average molecular weight is 256 g/mol. The van der Waals surface area contributed by atoms with E-state index in [0.717, 1.165) is 6.92 Å². The highest BCUT2D eigenvalue weighted by molar-refractivity contribution is 5.53. The molecule has 0 amide bonds. The fourth-order valence-corrected chi connectivity index (χ4v) is 1.96. The summed E-state index contributed by atoms with van der Waals surface area (Å²) in [6.07, 6.45) is 1.20. The number of halogens is 2. The molecule has 0 fully saturated rings. The molecule has 98 valence electrons. The van der Waals surface area contributed by atoms with Gasteiger partial charge in [-0.1, -0.05) is 0 Å². The monoisotopic (exact) mass is 256 g/mol. The number of aldehydes is 1. The van der Waals surface area contributed by atoms with Gasteiger partial charge in [0.05, 0.1) is 0 Å². The van der Waals surface area contributed by atoms with Crippen molar-refractivity contribution >= 4 is 6.29 Å². The number of carbonyl (C=O) groups excluding carboxylic acids is 1. The number of rotatable bonds is 4. The van der Waals surface area contributed by atoms with Crippen molar-refractivity contribution in [2.75, 3.05) is 13.2 Å².